The lowest BCUT2D eigenvalue weighted by atomic mass is 10.3. The van der Waals surface area contributed by atoms with E-state index in [1.807, 2.05) is 0 Å². The third-order valence-electron chi connectivity index (χ3n) is 1.22. The van der Waals surface area contributed by atoms with E-state index in [-0.39, 0.29) is 0 Å². The first-order valence-electron chi connectivity index (χ1n) is 6.06. The van der Waals surface area contributed by atoms with Gasteiger partial charge in [-0.1, -0.05) is 0 Å². The number of rotatable bonds is 3. The average Bonchev–Trinajstić information content (AvgIpc) is 2.28. The summed E-state index contributed by atoms with van der Waals surface area (Å²) < 4.78 is 3.07. The molecule has 0 saturated heterocycles. The van der Waals surface area contributed by atoms with Crippen LogP contribution in [0.25, 0.3) is 0 Å². The van der Waals surface area contributed by atoms with Crippen molar-refractivity contribution in [1.29, 1.82) is 0 Å². The van der Waals surface area contributed by atoms with Gasteiger partial charge in [0.1, 0.15) is 19.8 Å². The Balaban J connectivity index is -0.0000000604. The zero-order chi connectivity index (χ0) is 20.0. The third kappa shape index (κ3) is 257. The highest BCUT2D eigenvalue weighted by Gasteiger charge is 1.94. The van der Waals surface area contributed by atoms with Gasteiger partial charge in [-0.05, 0) is 0 Å². The monoisotopic (exact) mass is 350 g/mol. The summed E-state index contributed by atoms with van der Waals surface area (Å²) in [4.78, 5) is 0. The minimum atomic E-state index is -2.42. The fourth-order valence-corrected chi connectivity index (χ4v) is 0.612. The SMILES string of the molecule is CC[O+](CC)CC.OB(O)O.OB(O)O.OB(O)O.[O-]B(O)O. The maximum atomic E-state index is 8.64. The van der Waals surface area contributed by atoms with Crippen LogP contribution in [0, 0.1) is 0 Å². The molecule has 0 heterocycles. The summed E-state index contributed by atoms with van der Waals surface area (Å²) in [6.45, 7) is 9.76. The summed E-state index contributed by atoms with van der Waals surface area (Å²) in [6.07, 6.45) is 0. The second-order valence-corrected chi connectivity index (χ2v) is 2.84. The van der Waals surface area contributed by atoms with E-state index in [2.05, 4.69) is 25.1 Å². The molecule has 0 aliphatic rings. The van der Waals surface area contributed by atoms with Crippen molar-refractivity contribution in [1.82, 2.24) is 0 Å². The van der Waals surface area contributed by atoms with Crippen molar-refractivity contribution in [3.8, 4) is 0 Å². The van der Waals surface area contributed by atoms with Crippen molar-refractivity contribution in [2.45, 2.75) is 20.8 Å². The minimum absolute atomic E-state index is 1.10. The lowest BCUT2D eigenvalue weighted by molar-refractivity contribution is -0.242. The van der Waals surface area contributed by atoms with Gasteiger partial charge in [0.15, 0.2) is 0 Å². The van der Waals surface area contributed by atoms with Crippen LogP contribution in [0.15, 0.2) is 0 Å². The molecule has 0 fully saturated rings. The highest BCUT2D eigenvalue weighted by atomic mass is 16.7. The van der Waals surface area contributed by atoms with E-state index in [1.54, 1.807) is 0 Å². The molecule has 0 unspecified atom stereocenters. The highest BCUT2D eigenvalue weighted by Crippen LogP contribution is 1.90. The fourth-order valence-electron chi connectivity index (χ4n) is 0.612. The zero-order valence-corrected chi connectivity index (χ0v) is 13.2. The van der Waals surface area contributed by atoms with Crippen LogP contribution in [0.3, 0.4) is 0 Å². The zero-order valence-electron chi connectivity index (χ0n) is 13.2. The third-order valence-corrected chi connectivity index (χ3v) is 1.22. The summed E-state index contributed by atoms with van der Waals surface area (Å²) in [5, 5.41) is 87.2. The van der Waals surface area contributed by atoms with E-state index in [0.29, 0.717) is 0 Å². The fraction of sp³-hybridized carbons (Fsp3) is 1.00. The highest BCUT2D eigenvalue weighted by molar-refractivity contribution is 6.31. The van der Waals surface area contributed by atoms with Gasteiger partial charge in [-0.3, -0.25) is 0 Å². The second-order valence-electron chi connectivity index (χ2n) is 2.84. The maximum Gasteiger partial charge on any atom is 0.631 e. The van der Waals surface area contributed by atoms with Gasteiger partial charge in [-0.25, -0.2) is 0 Å². The largest absolute Gasteiger partial charge is 0.832 e. The van der Waals surface area contributed by atoms with Gasteiger partial charge in [0, 0.05) is 20.8 Å². The first-order valence-corrected chi connectivity index (χ1v) is 6.06. The summed E-state index contributed by atoms with van der Waals surface area (Å²) >= 11 is 0. The van der Waals surface area contributed by atoms with E-state index in [0.717, 1.165) is 19.8 Å². The molecule has 17 heteroatoms. The van der Waals surface area contributed by atoms with Crippen molar-refractivity contribution in [2.75, 3.05) is 19.8 Å². The molecule has 11 N–H and O–H groups in total. The predicted molar refractivity (Wildman–Crippen MR) is 80.1 cm³/mol. The second kappa shape index (κ2) is 29.7. The minimum Gasteiger partial charge on any atom is -0.832 e. The Morgan fingerprint density at radius 3 is 0.652 bits per heavy atom. The van der Waals surface area contributed by atoms with Gasteiger partial charge in [-0.15, -0.1) is 0 Å². The molecule has 0 aromatic heterocycles. The van der Waals surface area contributed by atoms with E-state index < -0.39 is 29.3 Å². The molecule has 0 radical (unpaired) electrons. The standard InChI is InChI=1S/C6H15O.3BH3O3.BH2O3/c1-4-7(5-2)6-3;4*2-1(3)4/h4-6H2,1-3H3;3*2-4H;2-3H/q+1;;;;-1. The number of hydrogen-bond donors (Lipinski definition) is 11. The van der Waals surface area contributed by atoms with E-state index in [4.69, 9.17) is 60.3 Å². The maximum absolute atomic E-state index is 8.64. The molecule has 0 atom stereocenters. The summed E-state index contributed by atoms with van der Waals surface area (Å²) in [5.41, 5.74) is 0. The van der Waals surface area contributed by atoms with Gasteiger partial charge in [0.25, 0.3) is 0 Å². The Morgan fingerprint density at radius 2 is 0.652 bits per heavy atom. The van der Waals surface area contributed by atoms with Crippen molar-refractivity contribution in [2.24, 2.45) is 0 Å². The Hall–Kier alpha value is -0.260. The molecule has 0 aliphatic carbocycles. The van der Waals surface area contributed by atoms with Gasteiger partial charge in [0.05, 0.1) is 0 Å². The lowest BCUT2D eigenvalue weighted by Crippen LogP contribution is -2.29. The Labute approximate surface area is 135 Å². The van der Waals surface area contributed by atoms with Gasteiger partial charge in [-0.2, -0.15) is 0 Å². The van der Waals surface area contributed by atoms with Crippen LogP contribution in [0.2, 0.25) is 0 Å². The van der Waals surface area contributed by atoms with Crippen LogP contribution >= 0.6 is 0 Å². The molecular formula is C6H26B4O13. The van der Waals surface area contributed by atoms with Crippen LogP contribution in [-0.2, 0) is 4.37 Å². The Kier molecular flexibility index (Phi) is 44.1. The molecule has 23 heavy (non-hydrogen) atoms. The molecule has 0 spiro atoms. The summed E-state index contributed by atoms with van der Waals surface area (Å²) in [5.74, 6) is 0. The first-order chi connectivity index (χ1) is 10.3. The summed E-state index contributed by atoms with van der Waals surface area (Å²) in [6, 6.07) is 0. The predicted octanol–water partition coefficient (Wildman–Crippen LogP) is -7.24. The van der Waals surface area contributed by atoms with Crippen LogP contribution in [0.1, 0.15) is 20.8 Å². The van der Waals surface area contributed by atoms with Crippen molar-refractivity contribution in [3.05, 3.63) is 0 Å². The van der Waals surface area contributed by atoms with E-state index in [9.17, 15) is 0 Å². The molecule has 140 valence electrons. The van der Waals surface area contributed by atoms with Gasteiger partial charge >= 0.3 is 29.3 Å². The van der Waals surface area contributed by atoms with Crippen molar-refractivity contribution in [3.63, 3.8) is 0 Å². The van der Waals surface area contributed by atoms with Gasteiger partial charge < -0.3 is 64.7 Å². The van der Waals surface area contributed by atoms with Gasteiger partial charge in [0.2, 0.25) is 0 Å². The molecule has 0 saturated carbocycles. The van der Waals surface area contributed by atoms with Crippen molar-refractivity contribution < 1.29 is 64.7 Å². The van der Waals surface area contributed by atoms with Crippen LogP contribution in [-0.4, -0.2) is 104 Å². The molecule has 0 aliphatic heterocycles. The van der Waals surface area contributed by atoms with Crippen LogP contribution < -0.4 is 5.02 Å². The molecule has 0 bridgehead atoms. The van der Waals surface area contributed by atoms with E-state index in [1.165, 1.54) is 0 Å². The summed E-state index contributed by atoms with van der Waals surface area (Å²) in [7, 11) is -8.92. The normalized spacial score (nSPS) is 7.83. The molecular weight excluding hydrogens is 323 g/mol. The smallest absolute Gasteiger partial charge is 0.631 e. The van der Waals surface area contributed by atoms with Crippen LogP contribution in [0.4, 0.5) is 0 Å². The molecule has 0 amide bonds. The molecule has 13 nitrogen and oxygen atoms in total. The Morgan fingerprint density at radius 1 is 0.565 bits per heavy atom. The van der Waals surface area contributed by atoms with E-state index >= 15 is 0 Å². The molecule has 0 rings (SSSR count). The lowest BCUT2D eigenvalue weighted by Gasteiger charge is -2.11. The molecule has 0 aromatic carbocycles. The number of hydrogen-bond acceptors (Lipinski definition) is 12. The van der Waals surface area contributed by atoms with Crippen LogP contribution in [0.5, 0.6) is 0 Å². The first kappa shape index (κ1) is 34.2. The quantitative estimate of drug-likeness (QED) is 0.168. The average molecular weight is 350 g/mol. The molecule has 0 aromatic rings. The Bertz CT molecular complexity index is 130. The topological polar surface area (TPSA) is 248 Å². The van der Waals surface area contributed by atoms with Crippen molar-refractivity contribution >= 4 is 29.3 Å².